The van der Waals surface area contributed by atoms with Crippen molar-refractivity contribution in [2.75, 3.05) is 6.54 Å². The fourth-order valence-electron chi connectivity index (χ4n) is 1.24. The fraction of sp³-hybridized carbons (Fsp3) is 0.750. The molecule has 1 rings (SSSR count). The molecule has 0 saturated heterocycles. The number of hydrogen-bond acceptors (Lipinski definition) is 4. The van der Waals surface area contributed by atoms with Crippen LogP contribution in [0, 0.1) is 0 Å². The molecule has 0 unspecified atom stereocenters. The number of aliphatic hydroxyl groups is 1. The van der Waals surface area contributed by atoms with E-state index in [9.17, 15) is 9.59 Å². The Morgan fingerprint density at radius 1 is 1.50 bits per heavy atom. The van der Waals surface area contributed by atoms with E-state index in [2.05, 4.69) is 5.32 Å². The van der Waals surface area contributed by atoms with Crippen LogP contribution in [0.5, 0.6) is 0 Å². The number of carbonyl (C=O) groups is 2. The molecule has 1 atom stereocenters. The molecule has 0 aliphatic heterocycles. The predicted molar refractivity (Wildman–Crippen MR) is 47.4 cm³/mol. The second-order valence-electron chi connectivity index (χ2n) is 3.57. The minimum absolute atomic E-state index is 0.298. The normalized spacial score (nSPS) is 20.7. The van der Waals surface area contributed by atoms with E-state index < -0.39 is 17.6 Å². The molecule has 0 spiro atoms. The molecule has 1 fully saturated rings. The lowest BCUT2D eigenvalue weighted by molar-refractivity contribution is -0.146. The number of aliphatic carboxylic acids is 1. The Labute approximate surface area is 81.1 Å². The summed E-state index contributed by atoms with van der Waals surface area (Å²) >= 11 is 0. The minimum atomic E-state index is -1.57. The van der Waals surface area contributed by atoms with E-state index in [1.807, 2.05) is 0 Å². The monoisotopic (exact) mass is 202 g/mol. The van der Waals surface area contributed by atoms with Gasteiger partial charge in [-0.3, -0.25) is 4.79 Å². The van der Waals surface area contributed by atoms with Gasteiger partial charge in [0.25, 0.3) is 0 Å². The van der Waals surface area contributed by atoms with Crippen LogP contribution in [-0.4, -0.2) is 40.3 Å². The van der Waals surface area contributed by atoms with Crippen LogP contribution in [0.15, 0.2) is 0 Å². The molecule has 0 aromatic heterocycles. The van der Waals surface area contributed by atoms with Crippen molar-refractivity contribution in [1.82, 2.24) is 5.32 Å². The van der Waals surface area contributed by atoms with E-state index in [1.54, 1.807) is 0 Å². The van der Waals surface area contributed by atoms with Crippen molar-refractivity contribution < 1.29 is 19.8 Å². The molecule has 6 nitrogen and oxygen atoms in total. The molecule has 1 saturated carbocycles. The highest BCUT2D eigenvalue weighted by Gasteiger charge is 2.40. The molecule has 80 valence electrons. The van der Waals surface area contributed by atoms with Gasteiger partial charge in [0.05, 0.1) is 12.1 Å². The first-order valence-electron chi connectivity index (χ1n) is 4.44. The maximum Gasteiger partial charge on any atom is 0.334 e. The highest BCUT2D eigenvalue weighted by Crippen LogP contribution is 2.28. The molecule has 1 aliphatic rings. The average Bonchev–Trinajstić information content (AvgIpc) is 2.09. The maximum atomic E-state index is 11.3. The predicted octanol–water partition coefficient (Wildman–Crippen LogP) is -1.57. The average molecular weight is 202 g/mol. The Balaban J connectivity index is 2.31. The highest BCUT2D eigenvalue weighted by atomic mass is 16.4. The fourth-order valence-corrected chi connectivity index (χ4v) is 1.24. The van der Waals surface area contributed by atoms with Gasteiger partial charge in [-0.05, 0) is 19.3 Å². The molecule has 0 aromatic carbocycles. The number of carboxylic acids is 1. The van der Waals surface area contributed by atoms with E-state index in [1.165, 1.54) is 0 Å². The maximum absolute atomic E-state index is 11.3. The largest absolute Gasteiger partial charge is 0.479 e. The molecule has 0 bridgehead atoms. The second-order valence-corrected chi connectivity index (χ2v) is 3.57. The number of rotatable bonds is 4. The minimum Gasteiger partial charge on any atom is -0.479 e. The van der Waals surface area contributed by atoms with Gasteiger partial charge < -0.3 is 21.3 Å². The lowest BCUT2D eigenvalue weighted by atomic mass is 9.77. The van der Waals surface area contributed by atoms with Crippen LogP contribution in [-0.2, 0) is 9.59 Å². The number of nitrogens with two attached hydrogens (primary N) is 1. The van der Waals surface area contributed by atoms with Crippen LogP contribution in [0.2, 0.25) is 0 Å². The van der Waals surface area contributed by atoms with Gasteiger partial charge in [0, 0.05) is 0 Å². The third-order valence-corrected chi connectivity index (χ3v) is 2.44. The Morgan fingerprint density at radius 2 is 2.07 bits per heavy atom. The van der Waals surface area contributed by atoms with Crippen LogP contribution in [0.4, 0.5) is 0 Å². The van der Waals surface area contributed by atoms with E-state index >= 15 is 0 Å². The van der Waals surface area contributed by atoms with Gasteiger partial charge in [-0.2, -0.15) is 0 Å². The summed E-state index contributed by atoms with van der Waals surface area (Å²) in [7, 11) is 0. The molecule has 1 aliphatic carbocycles. The summed E-state index contributed by atoms with van der Waals surface area (Å²) in [4.78, 5) is 21.5. The Bertz CT molecular complexity index is 250. The van der Waals surface area contributed by atoms with Gasteiger partial charge in [0.1, 0.15) is 0 Å². The first-order valence-corrected chi connectivity index (χ1v) is 4.44. The standard InChI is InChI=1S/C8H14N2O4/c9-8(2-1-3-8)7(14)10-4-5(11)6(12)13/h5,11H,1-4,9H2,(H,10,14)(H,12,13)/t5-/m0/s1. The van der Waals surface area contributed by atoms with E-state index in [0.29, 0.717) is 12.8 Å². The molecular weight excluding hydrogens is 188 g/mol. The highest BCUT2D eigenvalue weighted by molar-refractivity contribution is 5.87. The number of aliphatic hydroxyl groups excluding tert-OH is 1. The summed E-state index contributed by atoms with van der Waals surface area (Å²) in [6.07, 6.45) is 0.567. The Kier molecular flexibility index (Phi) is 3.07. The zero-order chi connectivity index (χ0) is 10.8. The first-order chi connectivity index (χ1) is 6.46. The molecule has 0 radical (unpaired) electrons. The number of hydrogen-bond donors (Lipinski definition) is 4. The van der Waals surface area contributed by atoms with Crippen molar-refractivity contribution in [2.45, 2.75) is 30.9 Å². The van der Waals surface area contributed by atoms with Gasteiger partial charge in [0.2, 0.25) is 5.91 Å². The van der Waals surface area contributed by atoms with Crippen LogP contribution >= 0.6 is 0 Å². The zero-order valence-corrected chi connectivity index (χ0v) is 7.69. The topological polar surface area (TPSA) is 113 Å². The Morgan fingerprint density at radius 3 is 2.43 bits per heavy atom. The summed E-state index contributed by atoms with van der Waals surface area (Å²) in [6.45, 7) is -0.298. The first kappa shape index (κ1) is 10.9. The van der Waals surface area contributed by atoms with Crippen molar-refractivity contribution in [1.29, 1.82) is 0 Å². The van der Waals surface area contributed by atoms with Gasteiger partial charge in [-0.25, -0.2) is 4.79 Å². The van der Waals surface area contributed by atoms with E-state index in [-0.39, 0.29) is 12.5 Å². The lowest BCUT2D eigenvalue weighted by Crippen LogP contribution is -2.59. The smallest absolute Gasteiger partial charge is 0.334 e. The molecule has 1 amide bonds. The molecule has 0 aromatic rings. The van der Waals surface area contributed by atoms with Crippen molar-refractivity contribution >= 4 is 11.9 Å². The summed E-state index contributed by atoms with van der Waals surface area (Å²) in [5.74, 6) is -1.74. The SMILES string of the molecule is NC1(C(=O)NC[C@H](O)C(=O)O)CCC1. The Hall–Kier alpha value is -1.14. The number of nitrogens with one attached hydrogen (secondary N) is 1. The zero-order valence-electron chi connectivity index (χ0n) is 7.69. The molecule has 5 N–H and O–H groups in total. The molecule has 6 heteroatoms. The third-order valence-electron chi connectivity index (χ3n) is 2.44. The second kappa shape index (κ2) is 3.93. The van der Waals surface area contributed by atoms with Crippen LogP contribution in [0.25, 0.3) is 0 Å². The molecular formula is C8H14N2O4. The number of amides is 1. The molecule has 14 heavy (non-hydrogen) atoms. The third kappa shape index (κ3) is 2.21. The van der Waals surface area contributed by atoms with Crippen molar-refractivity contribution in [2.24, 2.45) is 5.73 Å². The van der Waals surface area contributed by atoms with Crippen LogP contribution in [0.1, 0.15) is 19.3 Å². The van der Waals surface area contributed by atoms with Gasteiger partial charge >= 0.3 is 5.97 Å². The van der Waals surface area contributed by atoms with Gasteiger partial charge in [-0.1, -0.05) is 0 Å². The van der Waals surface area contributed by atoms with E-state index in [4.69, 9.17) is 15.9 Å². The lowest BCUT2D eigenvalue weighted by Gasteiger charge is -2.36. The summed E-state index contributed by atoms with van der Waals surface area (Å²) < 4.78 is 0. The van der Waals surface area contributed by atoms with Gasteiger partial charge in [-0.15, -0.1) is 0 Å². The van der Waals surface area contributed by atoms with Gasteiger partial charge in [0.15, 0.2) is 6.10 Å². The summed E-state index contributed by atoms with van der Waals surface area (Å²) in [5.41, 5.74) is 4.82. The molecule has 0 heterocycles. The quantitative estimate of drug-likeness (QED) is 0.440. The number of carboxylic acid groups (broad SMARTS) is 1. The number of carbonyl (C=O) groups excluding carboxylic acids is 1. The van der Waals surface area contributed by atoms with Crippen molar-refractivity contribution in [3.05, 3.63) is 0 Å². The van der Waals surface area contributed by atoms with E-state index in [0.717, 1.165) is 6.42 Å². The van der Waals surface area contributed by atoms with Crippen molar-refractivity contribution in [3.63, 3.8) is 0 Å². The van der Waals surface area contributed by atoms with Crippen molar-refractivity contribution in [3.8, 4) is 0 Å². The summed E-state index contributed by atoms with van der Waals surface area (Å²) in [5, 5.41) is 19.5. The van der Waals surface area contributed by atoms with Crippen LogP contribution < -0.4 is 11.1 Å². The summed E-state index contributed by atoms with van der Waals surface area (Å²) in [6, 6.07) is 0. The van der Waals surface area contributed by atoms with Crippen LogP contribution in [0.3, 0.4) is 0 Å².